The molecular weight excluding hydrogens is 468 g/mol. The van der Waals surface area contributed by atoms with Crippen LogP contribution in [-0.2, 0) is 4.79 Å². The molecule has 1 aromatic carbocycles. The monoisotopic (exact) mass is 500 g/mol. The number of fused-ring (bicyclic) bond motifs is 1. The van der Waals surface area contributed by atoms with Crippen LogP contribution in [0.1, 0.15) is 5.56 Å². The lowest BCUT2D eigenvalue weighted by molar-refractivity contribution is -0.111. The topological polar surface area (TPSA) is 99.9 Å². The number of carbonyl (C=O) groups is 1. The summed E-state index contributed by atoms with van der Waals surface area (Å²) in [7, 11) is 7.60. The van der Waals surface area contributed by atoms with E-state index in [1.807, 2.05) is 75.2 Å². The zero-order valence-corrected chi connectivity index (χ0v) is 21.8. The van der Waals surface area contributed by atoms with E-state index < -0.39 is 0 Å². The molecule has 4 rings (SSSR count). The molecule has 2 N–H and O–H groups in total. The van der Waals surface area contributed by atoms with Crippen LogP contribution in [0, 0.1) is 6.92 Å². The smallest absolute Gasteiger partial charge is 0.247 e. The Morgan fingerprint density at radius 1 is 1.16 bits per heavy atom. The van der Waals surface area contributed by atoms with Crippen molar-refractivity contribution >= 4 is 34.4 Å². The standard InChI is InChI=1S/C27H32N8O2/c1-7-25(36)30-20-15-21(24(37-6)16-22(20)34(5)14-13-33(3)4)32-27-28-11-10-19(31-27)26-29-17-23-18(2)9-8-12-35(23)26/h7-12,15-17H,1,13-14H2,2-6H3,(H,30,36)(H,28,31,32). The van der Waals surface area contributed by atoms with Crippen molar-refractivity contribution in [2.75, 3.05) is 56.9 Å². The average Bonchev–Trinajstić information content (AvgIpc) is 3.33. The maximum absolute atomic E-state index is 12.2. The van der Waals surface area contributed by atoms with Gasteiger partial charge in [0.15, 0.2) is 5.82 Å². The number of methoxy groups -OCH3 is 1. The van der Waals surface area contributed by atoms with Gasteiger partial charge in [0.2, 0.25) is 11.9 Å². The van der Waals surface area contributed by atoms with E-state index in [-0.39, 0.29) is 5.91 Å². The number of anilines is 4. The third-order valence-electron chi connectivity index (χ3n) is 5.97. The molecule has 10 heteroatoms. The van der Waals surface area contributed by atoms with Gasteiger partial charge in [-0.05, 0) is 50.9 Å². The quantitative estimate of drug-likeness (QED) is 0.316. The molecule has 3 heterocycles. The van der Waals surface area contributed by atoms with Gasteiger partial charge in [0.1, 0.15) is 11.4 Å². The Kier molecular flexibility index (Phi) is 7.69. The fourth-order valence-electron chi connectivity index (χ4n) is 3.92. The van der Waals surface area contributed by atoms with Crippen LogP contribution in [0.15, 0.2) is 61.6 Å². The minimum absolute atomic E-state index is 0.307. The number of pyridine rings is 1. The van der Waals surface area contributed by atoms with E-state index in [0.717, 1.165) is 29.9 Å². The van der Waals surface area contributed by atoms with E-state index >= 15 is 0 Å². The summed E-state index contributed by atoms with van der Waals surface area (Å²) < 4.78 is 7.69. The Hall–Kier alpha value is -4.44. The second-order valence-electron chi connectivity index (χ2n) is 8.91. The number of imidazole rings is 1. The highest BCUT2D eigenvalue weighted by molar-refractivity contribution is 6.02. The van der Waals surface area contributed by atoms with Gasteiger partial charge < -0.3 is 25.2 Å². The first kappa shape index (κ1) is 25.6. The number of benzene rings is 1. The molecule has 0 aliphatic carbocycles. The number of ether oxygens (including phenoxy) is 1. The molecule has 10 nitrogen and oxygen atoms in total. The molecule has 1 amide bonds. The zero-order valence-electron chi connectivity index (χ0n) is 21.8. The summed E-state index contributed by atoms with van der Waals surface area (Å²) in [6.45, 7) is 7.22. The van der Waals surface area contributed by atoms with E-state index in [1.54, 1.807) is 13.3 Å². The molecule has 3 aromatic heterocycles. The van der Waals surface area contributed by atoms with Crippen molar-refractivity contribution in [3.63, 3.8) is 0 Å². The summed E-state index contributed by atoms with van der Waals surface area (Å²) >= 11 is 0. The number of hydrogen-bond donors (Lipinski definition) is 2. The molecule has 192 valence electrons. The maximum Gasteiger partial charge on any atom is 0.247 e. The summed E-state index contributed by atoms with van der Waals surface area (Å²) in [6.07, 6.45) is 6.72. The molecule has 0 aliphatic rings. The first-order chi connectivity index (χ1) is 17.8. The van der Waals surface area contributed by atoms with Gasteiger partial charge in [0.05, 0.1) is 35.9 Å². The van der Waals surface area contributed by atoms with Crippen LogP contribution in [0.25, 0.3) is 17.0 Å². The van der Waals surface area contributed by atoms with Gasteiger partial charge >= 0.3 is 0 Å². The van der Waals surface area contributed by atoms with E-state index in [1.165, 1.54) is 6.08 Å². The molecule has 0 spiro atoms. The summed E-state index contributed by atoms with van der Waals surface area (Å²) in [5.41, 5.74) is 4.84. The van der Waals surface area contributed by atoms with Gasteiger partial charge in [-0.15, -0.1) is 0 Å². The second kappa shape index (κ2) is 11.1. The van der Waals surface area contributed by atoms with Crippen molar-refractivity contribution in [3.05, 3.63) is 67.1 Å². The predicted molar refractivity (Wildman–Crippen MR) is 148 cm³/mol. The molecule has 0 radical (unpaired) electrons. The van der Waals surface area contributed by atoms with Gasteiger partial charge in [-0.1, -0.05) is 12.6 Å². The fourth-order valence-corrected chi connectivity index (χ4v) is 3.92. The first-order valence-corrected chi connectivity index (χ1v) is 11.8. The second-order valence-corrected chi connectivity index (χ2v) is 8.91. The van der Waals surface area contributed by atoms with E-state index in [9.17, 15) is 4.79 Å². The van der Waals surface area contributed by atoms with Crippen LogP contribution in [0.2, 0.25) is 0 Å². The first-order valence-electron chi connectivity index (χ1n) is 11.8. The molecule has 37 heavy (non-hydrogen) atoms. The van der Waals surface area contributed by atoms with Crippen molar-refractivity contribution in [3.8, 4) is 17.3 Å². The normalized spacial score (nSPS) is 11.0. The van der Waals surface area contributed by atoms with Gasteiger partial charge in [-0.25, -0.2) is 15.0 Å². The highest BCUT2D eigenvalue weighted by atomic mass is 16.5. The number of likely N-dealkylation sites (N-methyl/N-ethyl adjacent to an activating group) is 2. The molecule has 0 aliphatic heterocycles. The number of amides is 1. The maximum atomic E-state index is 12.2. The van der Waals surface area contributed by atoms with Crippen LogP contribution in [0.5, 0.6) is 5.75 Å². The molecule has 0 bridgehead atoms. The Labute approximate surface area is 216 Å². The summed E-state index contributed by atoms with van der Waals surface area (Å²) in [4.78, 5) is 30.0. The Bertz CT molecular complexity index is 1430. The minimum Gasteiger partial charge on any atom is -0.494 e. The molecule has 0 unspecified atom stereocenters. The van der Waals surface area contributed by atoms with E-state index in [4.69, 9.17) is 9.72 Å². The number of aryl methyl sites for hydroxylation is 1. The number of rotatable bonds is 10. The van der Waals surface area contributed by atoms with Crippen LogP contribution in [0.3, 0.4) is 0 Å². The van der Waals surface area contributed by atoms with Gasteiger partial charge in [-0.2, -0.15) is 0 Å². The van der Waals surface area contributed by atoms with Crippen LogP contribution in [-0.4, -0.2) is 71.5 Å². The molecule has 4 aromatic rings. The molecule has 0 saturated heterocycles. The Morgan fingerprint density at radius 2 is 1.97 bits per heavy atom. The van der Waals surface area contributed by atoms with Crippen molar-refractivity contribution in [1.82, 2.24) is 24.3 Å². The summed E-state index contributed by atoms with van der Waals surface area (Å²) in [6, 6.07) is 9.54. The van der Waals surface area contributed by atoms with Crippen molar-refractivity contribution in [2.45, 2.75) is 6.92 Å². The SMILES string of the molecule is C=CC(=O)Nc1cc(Nc2nccc(-c3ncc4c(C)cccn34)n2)c(OC)cc1N(C)CCN(C)C. The highest BCUT2D eigenvalue weighted by Crippen LogP contribution is 2.38. The van der Waals surface area contributed by atoms with Gasteiger partial charge in [0, 0.05) is 38.6 Å². The predicted octanol–water partition coefficient (Wildman–Crippen LogP) is 3.97. The molecular formula is C27H32N8O2. The molecule has 0 atom stereocenters. The largest absolute Gasteiger partial charge is 0.494 e. The highest BCUT2D eigenvalue weighted by Gasteiger charge is 2.17. The van der Waals surface area contributed by atoms with Crippen LogP contribution in [0.4, 0.5) is 23.0 Å². The van der Waals surface area contributed by atoms with Crippen molar-refractivity contribution < 1.29 is 9.53 Å². The number of aromatic nitrogens is 4. The molecule has 0 saturated carbocycles. The van der Waals surface area contributed by atoms with Crippen LogP contribution < -0.4 is 20.3 Å². The Morgan fingerprint density at radius 3 is 2.70 bits per heavy atom. The Balaban J connectivity index is 1.70. The lowest BCUT2D eigenvalue weighted by Gasteiger charge is -2.26. The fraction of sp³-hybridized carbons (Fsp3) is 0.259. The third-order valence-corrected chi connectivity index (χ3v) is 5.97. The lowest BCUT2D eigenvalue weighted by atomic mass is 10.2. The van der Waals surface area contributed by atoms with Gasteiger partial charge in [0.25, 0.3) is 0 Å². The lowest BCUT2D eigenvalue weighted by Crippen LogP contribution is -2.29. The summed E-state index contributed by atoms with van der Waals surface area (Å²) in [5.74, 6) is 1.36. The van der Waals surface area contributed by atoms with Crippen molar-refractivity contribution in [2.24, 2.45) is 0 Å². The number of carbonyl (C=O) groups excluding carboxylic acids is 1. The van der Waals surface area contributed by atoms with E-state index in [2.05, 4.69) is 37.0 Å². The minimum atomic E-state index is -0.307. The average molecular weight is 501 g/mol. The zero-order chi connectivity index (χ0) is 26.5. The number of hydrogen-bond acceptors (Lipinski definition) is 8. The number of nitrogens with zero attached hydrogens (tertiary/aromatic N) is 6. The van der Waals surface area contributed by atoms with Crippen LogP contribution >= 0.6 is 0 Å². The molecule has 0 fully saturated rings. The summed E-state index contributed by atoms with van der Waals surface area (Å²) in [5, 5.41) is 6.15. The van der Waals surface area contributed by atoms with E-state index in [0.29, 0.717) is 34.6 Å². The number of nitrogens with one attached hydrogen (secondary N) is 2. The van der Waals surface area contributed by atoms with Gasteiger partial charge in [-0.3, -0.25) is 9.20 Å². The third kappa shape index (κ3) is 5.70. The van der Waals surface area contributed by atoms with Crippen molar-refractivity contribution in [1.29, 1.82) is 0 Å².